The van der Waals surface area contributed by atoms with Gasteiger partial charge in [0.05, 0.1) is 10.6 Å². The third-order valence-corrected chi connectivity index (χ3v) is 5.63. The van der Waals surface area contributed by atoms with E-state index in [1.807, 2.05) is 65.4 Å². The van der Waals surface area contributed by atoms with Crippen LogP contribution < -0.4 is 10.6 Å². The number of carbonyl (C=O) groups is 1. The molecule has 7 heteroatoms. The van der Waals surface area contributed by atoms with Crippen LogP contribution in [0.25, 0.3) is 11.3 Å². The van der Waals surface area contributed by atoms with E-state index in [4.69, 9.17) is 11.6 Å². The fraction of sp³-hybridized carbons (Fsp3) is 0. The maximum absolute atomic E-state index is 12.1. The van der Waals surface area contributed by atoms with Crippen molar-refractivity contribution in [3.05, 3.63) is 81.3 Å². The normalized spacial score (nSPS) is 10.6. The monoisotopic (exact) mass is 411 g/mol. The molecule has 0 aliphatic carbocycles. The number of amides is 1. The topological polar surface area (TPSA) is 54.0 Å². The number of rotatable bonds is 5. The molecule has 0 saturated heterocycles. The van der Waals surface area contributed by atoms with Crippen LogP contribution in [0.1, 0.15) is 9.67 Å². The van der Waals surface area contributed by atoms with E-state index in [0.717, 1.165) is 27.8 Å². The van der Waals surface area contributed by atoms with Gasteiger partial charge in [0.15, 0.2) is 5.13 Å². The van der Waals surface area contributed by atoms with Crippen LogP contribution in [0.4, 0.5) is 16.5 Å². The lowest BCUT2D eigenvalue weighted by Crippen LogP contribution is -2.09. The van der Waals surface area contributed by atoms with Gasteiger partial charge in [-0.3, -0.25) is 4.79 Å². The lowest BCUT2D eigenvalue weighted by molar-refractivity contribution is 0.103. The lowest BCUT2D eigenvalue weighted by Gasteiger charge is -2.05. The van der Waals surface area contributed by atoms with Gasteiger partial charge in [0, 0.05) is 27.3 Å². The second kappa shape index (κ2) is 7.92. The average Bonchev–Trinajstić information content (AvgIpc) is 3.34. The molecule has 2 N–H and O–H groups in total. The highest BCUT2D eigenvalue weighted by Crippen LogP contribution is 2.28. The Morgan fingerprint density at radius 2 is 1.81 bits per heavy atom. The number of hydrogen-bond acceptors (Lipinski definition) is 5. The molecule has 0 unspecified atom stereocenters. The quantitative estimate of drug-likeness (QED) is 0.393. The van der Waals surface area contributed by atoms with E-state index in [1.165, 1.54) is 22.7 Å². The lowest BCUT2D eigenvalue weighted by atomic mass is 10.1. The van der Waals surface area contributed by atoms with Crippen molar-refractivity contribution < 1.29 is 4.79 Å². The molecule has 2 aromatic carbocycles. The summed E-state index contributed by atoms with van der Waals surface area (Å²) in [6.45, 7) is 0. The van der Waals surface area contributed by atoms with Gasteiger partial charge in [0.2, 0.25) is 0 Å². The molecule has 0 fully saturated rings. The van der Waals surface area contributed by atoms with Gasteiger partial charge in [-0.1, -0.05) is 35.9 Å². The Morgan fingerprint density at radius 1 is 0.963 bits per heavy atom. The van der Waals surface area contributed by atoms with Gasteiger partial charge in [-0.2, -0.15) is 0 Å². The van der Waals surface area contributed by atoms with Crippen LogP contribution in [0, 0.1) is 0 Å². The highest BCUT2D eigenvalue weighted by atomic mass is 35.5. The third-order valence-electron chi connectivity index (χ3n) is 3.76. The van der Waals surface area contributed by atoms with E-state index >= 15 is 0 Å². The first-order valence-corrected chi connectivity index (χ1v) is 10.2. The molecule has 2 aromatic heterocycles. The number of aromatic nitrogens is 1. The van der Waals surface area contributed by atoms with Gasteiger partial charge < -0.3 is 10.6 Å². The van der Waals surface area contributed by atoms with Gasteiger partial charge in [-0.25, -0.2) is 4.98 Å². The number of thiazole rings is 1. The number of carbonyl (C=O) groups excluding carboxylic acids is 1. The third kappa shape index (κ3) is 4.36. The Kier molecular flexibility index (Phi) is 5.20. The highest BCUT2D eigenvalue weighted by molar-refractivity contribution is 7.14. The number of anilines is 3. The standard InChI is InChI=1S/C20H14ClN3OS2/c21-14-3-1-4-16(11-14)23-20-24-17(12-27-20)13-6-8-15(9-7-13)22-19(25)18-5-2-10-26-18/h1-12H,(H,22,25)(H,23,24). The SMILES string of the molecule is O=C(Nc1ccc(-c2csc(Nc3cccc(Cl)c3)n2)cc1)c1cccs1. The summed E-state index contributed by atoms with van der Waals surface area (Å²) in [6, 6.07) is 18.8. The predicted molar refractivity (Wildman–Crippen MR) is 115 cm³/mol. The Morgan fingerprint density at radius 3 is 2.56 bits per heavy atom. The van der Waals surface area contributed by atoms with Crippen molar-refractivity contribution in [3.63, 3.8) is 0 Å². The van der Waals surface area contributed by atoms with Crippen molar-refractivity contribution in [2.75, 3.05) is 10.6 Å². The molecular weight excluding hydrogens is 398 g/mol. The van der Waals surface area contributed by atoms with E-state index in [9.17, 15) is 4.79 Å². The molecular formula is C20H14ClN3OS2. The van der Waals surface area contributed by atoms with Crippen LogP contribution in [0.3, 0.4) is 0 Å². The second-order valence-corrected chi connectivity index (χ2v) is 7.92. The Labute approximate surface area is 169 Å². The molecule has 0 atom stereocenters. The Hall–Kier alpha value is -2.67. The van der Waals surface area contributed by atoms with Crippen molar-refractivity contribution in [2.24, 2.45) is 0 Å². The summed E-state index contributed by atoms with van der Waals surface area (Å²) in [4.78, 5) is 17.4. The van der Waals surface area contributed by atoms with Crippen molar-refractivity contribution in [3.8, 4) is 11.3 Å². The van der Waals surface area contributed by atoms with Crippen LogP contribution in [0.15, 0.2) is 71.4 Å². The first-order chi connectivity index (χ1) is 13.2. The van der Waals surface area contributed by atoms with Crippen molar-refractivity contribution in [1.82, 2.24) is 4.98 Å². The minimum Gasteiger partial charge on any atom is -0.331 e. The minimum absolute atomic E-state index is 0.0978. The van der Waals surface area contributed by atoms with E-state index < -0.39 is 0 Å². The van der Waals surface area contributed by atoms with Crippen molar-refractivity contribution >= 4 is 56.7 Å². The second-order valence-electron chi connectivity index (χ2n) is 5.68. The summed E-state index contributed by atoms with van der Waals surface area (Å²) < 4.78 is 0. The number of benzene rings is 2. The Balaban J connectivity index is 1.45. The first-order valence-electron chi connectivity index (χ1n) is 8.11. The predicted octanol–water partition coefficient (Wildman–Crippen LogP) is 6.52. The zero-order chi connectivity index (χ0) is 18.6. The van der Waals surface area contributed by atoms with E-state index in [-0.39, 0.29) is 5.91 Å². The molecule has 4 nitrogen and oxygen atoms in total. The van der Waals surface area contributed by atoms with Gasteiger partial charge in [0.1, 0.15) is 0 Å². The summed E-state index contributed by atoms with van der Waals surface area (Å²) in [5.74, 6) is -0.0978. The summed E-state index contributed by atoms with van der Waals surface area (Å²) in [5, 5.41) is 11.5. The summed E-state index contributed by atoms with van der Waals surface area (Å²) in [7, 11) is 0. The molecule has 1 amide bonds. The van der Waals surface area contributed by atoms with Crippen LogP contribution in [-0.4, -0.2) is 10.9 Å². The largest absolute Gasteiger partial charge is 0.331 e. The summed E-state index contributed by atoms with van der Waals surface area (Å²) in [6.07, 6.45) is 0. The number of thiophene rings is 1. The molecule has 2 heterocycles. The molecule has 0 aliphatic rings. The summed E-state index contributed by atoms with van der Waals surface area (Å²) in [5.41, 5.74) is 3.51. The molecule has 4 aromatic rings. The molecule has 0 bridgehead atoms. The molecule has 27 heavy (non-hydrogen) atoms. The fourth-order valence-corrected chi connectivity index (χ4v) is 4.03. The highest BCUT2D eigenvalue weighted by Gasteiger charge is 2.08. The van der Waals surface area contributed by atoms with Crippen LogP contribution in [0.2, 0.25) is 5.02 Å². The van der Waals surface area contributed by atoms with Crippen LogP contribution in [0.5, 0.6) is 0 Å². The number of hydrogen-bond donors (Lipinski definition) is 2. The van der Waals surface area contributed by atoms with Gasteiger partial charge >= 0.3 is 0 Å². The first kappa shape index (κ1) is 17.7. The maximum Gasteiger partial charge on any atom is 0.265 e. The maximum atomic E-state index is 12.1. The molecule has 0 saturated carbocycles. The Bertz CT molecular complexity index is 1060. The van der Waals surface area contributed by atoms with Gasteiger partial charge in [-0.05, 0) is 41.8 Å². The molecule has 0 radical (unpaired) electrons. The molecule has 4 rings (SSSR count). The van der Waals surface area contributed by atoms with Crippen LogP contribution in [-0.2, 0) is 0 Å². The molecule has 0 spiro atoms. The van der Waals surface area contributed by atoms with E-state index in [2.05, 4.69) is 15.6 Å². The van der Waals surface area contributed by atoms with E-state index in [0.29, 0.717) is 9.90 Å². The summed E-state index contributed by atoms with van der Waals surface area (Å²) >= 11 is 8.95. The number of nitrogens with zero attached hydrogens (tertiary/aromatic N) is 1. The fourth-order valence-electron chi connectivity index (χ4n) is 2.48. The van der Waals surface area contributed by atoms with Gasteiger partial charge in [0.25, 0.3) is 5.91 Å². The number of halogens is 1. The zero-order valence-electron chi connectivity index (χ0n) is 14.0. The molecule has 0 aliphatic heterocycles. The smallest absolute Gasteiger partial charge is 0.265 e. The minimum atomic E-state index is -0.0978. The van der Waals surface area contributed by atoms with Crippen molar-refractivity contribution in [2.45, 2.75) is 0 Å². The van der Waals surface area contributed by atoms with E-state index in [1.54, 1.807) is 6.07 Å². The van der Waals surface area contributed by atoms with Crippen molar-refractivity contribution in [1.29, 1.82) is 0 Å². The zero-order valence-corrected chi connectivity index (χ0v) is 16.4. The molecule has 134 valence electrons. The number of nitrogens with one attached hydrogen (secondary N) is 2. The van der Waals surface area contributed by atoms with Gasteiger partial charge in [-0.15, -0.1) is 22.7 Å². The average molecular weight is 412 g/mol. The van der Waals surface area contributed by atoms with Crippen LogP contribution >= 0.6 is 34.3 Å².